The van der Waals surface area contributed by atoms with Crippen molar-refractivity contribution >= 4 is 17.1 Å². The van der Waals surface area contributed by atoms with E-state index in [-0.39, 0.29) is 6.79 Å². The lowest BCUT2D eigenvalue weighted by Gasteiger charge is -2.12. The van der Waals surface area contributed by atoms with Crippen LogP contribution in [0.3, 0.4) is 0 Å². The molecule has 0 saturated heterocycles. The molecule has 0 bridgehead atoms. The van der Waals surface area contributed by atoms with Gasteiger partial charge >= 0.3 is 5.69 Å². The van der Waals surface area contributed by atoms with Gasteiger partial charge in [-0.15, -0.1) is 0 Å². The van der Waals surface area contributed by atoms with Gasteiger partial charge in [-0.05, 0) is 35.4 Å². The van der Waals surface area contributed by atoms with Gasteiger partial charge in [0.05, 0.1) is 13.7 Å². The van der Waals surface area contributed by atoms with Gasteiger partial charge in [-0.2, -0.15) is 4.98 Å². The van der Waals surface area contributed by atoms with Crippen LogP contribution >= 0.6 is 0 Å². The number of ether oxygens (including phenoxy) is 3. The van der Waals surface area contributed by atoms with Gasteiger partial charge in [0.2, 0.25) is 12.7 Å². The Bertz CT molecular complexity index is 1480. The van der Waals surface area contributed by atoms with Crippen LogP contribution in [0.25, 0.3) is 11.2 Å². The molecular weight excluding hydrogens is 426 g/mol. The number of aryl methyl sites for hydroxylation is 1. The number of hydrogen-bond acceptors (Lipinski definition) is 7. The average molecular weight is 449 g/mol. The van der Waals surface area contributed by atoms with Crippen molar-refractivity contribution in [2.75, 3.05) is 19.2 Å². The third-order valence-corrected chi connectivity index (χ3v) is 5.71. The molecule has 0 atom stereocenters. The van der Waals surface area contributed by atoms with Crippen molar-refractivity contribution in [2.24, 2.45) is 14.1 Å². The first-order valence-electron chi connectivity index (χ1n) is 10.4. The molecule has 4 aromatic rings. The number of benzene rings is 2. The molecule has 10 heteroatoms. The molecule has 0 fully saturated rings. The van der Waals surface area contributed by atoms with Crippen molar-refractivity contribution in [3.63, 3.8) is 0 Å². The topological polar surface area (TPSA) is 102 Å². The molecule has 10 nitrogen and oxygen atoms in total. The Morgan fingerprint density at radius 1 is 1.03 bits per heavy atom. The molecule has 1 aliphatic heterocycles. The van der Waals surface area contributed by atoms with Crippen molar-refractivity contribution in [3.8, 4) is 17.2 Å². The summed E-state index contributed by atoms with van der Waals surface area (Å²) in [6.45, 7) is 1.01. The van der Waals surface area contributed by atoms with E-state index >= 15 is 0 Å². The zero-order chi connectivity index (χ0) is 23.1. The molecule has 170 valence electrons. The minimum Gasteiger partial charge on any atom is -0.497 e. The fourth-order valence-corrected chi connectivity index (χ4v) is 3.92. The van der Waals surface area contributed by atoms with E-state index < -0.39 is 11.2 Å². The van der Waals surface area contributed by atoms with Crippen LogP contribution in [-0.2, 0) is 27.2 Å². The van der Waals surface area contributed by atoms with E-state index in [9.17, 15) is 9.59 Å². The predicted octanol–water partition coefficient (Wildman–Crippen LogP) is 1.83. The molecule has 1 aliphatic rings. The standard InChI is InChI=1S/C23H23N5O5/c1-26-20-19(21(29)27(2)23(26)30)28(12-15-5-4-6-16(9-15)31-3)22(25-20)24-11-14-7-8-17-18(10-14)33-13-32-17/h4-10H,11-13H2,1-3H3,(H,24,25). The summed E-state index contributed by atoms with van der Waals surface area (Å²) >= 11 is 0. The van der Waals surface area contributed by atoms with Crippen LogP contribution in [-0.4, -0.2) is 32.6 Å². The molecule has 0 aliphatic carbocycles. The maximum atomic E-state index is 13.1. The molecule has 1 N–H and O–H groups in total. The maximum Gasteiger partial charge on any atom is 0.332 e. The van der Waals surface area contributed by atoms with Gasteiger partial charge in [0, 0.05) is 20.6 Å². The van der Waals surface area contributed by atoms with E-state index in [1.54, 1.807) is 18.7 Å². The predicted molar refractivity (Wildman–Crippen MR) is 122 cm³/mol. The number of rotatable bonds is 6. The minimum absolute atomic E-state index is 0.208. The molecule has 2 aromatic carbocycles. The Hall–Kier alpha value is -4.21. The normalized spacial score (nSPS) is 12.3. The van der Waals surface area contributed by atoms with Gasteiger partial charge in [0.1, 0.15) is 5.75 Å². The third-order valence-electron chi connectivity index (χ3n) is 5.71. The monoisotopic (exact) mass is 449 g/mol. The third kappa shape index (κ3) is 3.59. The lowest BCUT2D eigenvalue weighted by molar-refractivity contribution is 0.174. The number of hydrogen-bond donors (Lipinski definition) is 1. The summed E-state index contributed by atoms with van der Waals surface area (Å²) in [6.07, 6.45) is 0. The van der Waals surface area contributed by atoms with Gasteiger partial charge in [0.15, 0.2) is 22.7 Å². The molecule has 0 unspecified atom stereocenters. The van der Waals surface area contributed by atoms with Crippen molar-refractivity contribution in [2.45, 2.75) is 13.1 Å². The lowest BCUT2D eigenvalue weighted by atomic mass is 10.2. The number of imidazole rings is 1. The zero-order valence-electron chi connectivity index (χ0n) is 18.5. The highest BCUT2D eigenvalue weighted by molar-refractivity contribution is 5.74. The average Bonchev–Trinajstić information content (AvgIpc) is 3.44. The molecule has 33 heavy (non-hydrogen) atoms. The van der Waals surface area contributed by atoms with Gasteiger partial charge in [0.25, 0.3) is 5.56 Å². The number of fused-ring (bicyclic) bond motifs is 2. The molecule has 0 amide bonds. The first kappa shape index (κ1) is 20.7. The zero-order valence-corrected chi connectivity index (χ0v) is 18.5. The number of nitrogens with zero attached hydrogens (tertiary/aromatic N) is 4. The Morgan fingerprint density at radius 3 is 2.67 bits per heavy atom. The lowest BCUT2D eigenvalue weighted by Crippen LogP contribution is -2.37. The Morgan fingerprint density at radius 2 is 1.85 bits per heavy atom. The van der Waals surface area contributed by atoms with E-state index in [1.807, 2.05) is 42.5 Å². The Labute approximate surface area is 188 Å². The SMILES string of the molecule is COc1cccc(Cn2c(NCc3ccc4c(c3)OCO4)nc3c2c(=O)n(C)c(=O)n3C)c1. The van der Waals surface area contributed by atoms with Crippen LogP contribution in [0, 0.1) is 0 Å². The molecule has 5 rings (SSSR count). The largest absolute Gasteiger partial charge is 0.497 e. The maximum absolute atomic E-state index is 13.1. The summed E-state index contributed by atoms with van der Waals surface area (Å²) in [5, 5.41) is 3.31. The van der Waals surface area contributed by atoms with E-state index in [4.69, 9.17) is 14.2 Å². The van der Waals surface area contributed by atoms with Crippen LogP contribution in [0.5, 0.6) is 17.2 Å². The van der Waals surface area contributed by atoms with Crippen LogP contribution in [0.2, 0.25) is 0 Å². The second-order valence-electron chi connectivity index (χ2n) is 7.79. The van der Waals surface area contributed by atoms with Crippen LogP contribution in [0.4, 0.5) is 5.95 Å². The summed E-state index contributed by atoms with van der Waals surface area (Å²) < 4.78 is 20.4. The van der Waals surface area contributed by atoms with Gasteiger partial charge in [-0.3, -0.25) is 18.5 Å². The molecule has 0 radical (unpaired) electrons. The summed E-state index contributed by atoms with van der Waals surface area (Å²) in [5.41, 5.74) is 1.71. The molecule has 2 aromatic heterocycles. The van der Waals surface area contributed by atoms with Gasteiger partial charge < -0.3 is 19.5 Å². The number of anilines is 1. The number of nitrogens with one attached hydrogen (secondary N) is 1. The second-order valence-corrected chi connectivity index (χ2v) is 7.79. The second kappa shape index (κ2) is 8.05. The van der Waals surface area contributed by atoms with Crippen LogP contribution in [0.1, 0.15) is 11.1 Å². The summed E-state index contributed by atoms with van der Waals surface area (Å²) in [4.78, 5) is 30.1. The molecule has 0 spiro atoms. The van der Waals surface area contributed by atoms with Crippen LogP contribution < -0.4 is 30.8 Å². The number of aromatic nitrogens is 4. The van der Waals surface area contributed by atoms with Crippen molar-refractivity contribution < 1.29 is 14.2 Å². The van der Waals surface area contributed by atoms with E-state index in [0.717, 1.165) is 15.7 Å². The first-order chi connectivity index (χ1) is 16.0. The highest BCUT2D eigenvalue weighted by atomic mass is 16.7. The van der Waals surface area contributed by atoms with Crippen molar-refractivity contribution in [1.82, 2.24) is 18.7 Å². The first-order valence-corrected chi connectivity index (χ1v) is 10.4. The fourth-order valence-electron chi connectivity index (χ4n) is 3.92. The van der Waals surface area contributed by atoms with E-state index in [1.165, 1.54) is 11.6 Å². The van der Waals surface area contributed by atoms with E-state index in [0.29, 0.717) is 47.5 Å². The summed E-state index contributed by atoms with van der Waals surface area (Å²) in [6, 6.07) is 13.3. The van der Waals surface area contributed by atoms with E-state index in [2.05, 4.69) is 10.3 Å². The quantitative estimate of drug-likeness (QED) is 0.479. The number of methoxy groups -OCH3 is 1. The van der Waals surface area contributed by atoms with Gasteiger partial charge in [-0.1, -0.05) is 18.2 Å². The highest BCUT2D eigenvalue weighted by Crippen LogP contribution is 2.32. The highest BCUT2D eigenvalue weighted by Gasteiger charge is 2.20. The van der Waals surface area contributed by atoms with Crippen molar-refractivity contribution in [3.05, 3.63) is 74.4 Å². The van der Waals surface area contributed by atoms with Crippen LogP contribution in [0.15, 0.2) is 52.1 Å². The molecular formula is C23H23N5O5. The smallest absolute Gasteiger partial charge is 0.332 e. The molecule has 0 saturated carbocycles. The fraction of sp³-hybridized carbons (Fsp3) is 0.261. The summed E-state index contributed by atoms with van der Waals surface area (Å²) in [5.74, 6) is 2.59. The molecule has 3 heterocycles. The minimum atomic E-state index is -0.430. The van der Waals surface area contributed by atoms with Crippen molar-refractivity contribution in [1.29, 1.82) is 0 Å². The Kier molecular flexibility index (Phi) is 5.04. The van der Waals surface area contributed by atoms with Gasteiger partial charge in [-0.25, -0.2) is 4.79 Å². The Balaban J connectivity index is 1.58. The summed E-state index contributed by atoms with van der Waals surface area (Å²) in [7, 11) is 4.68.